The van der Waals surface area contributed by atoms with E-state index in [1.165, 1.54) is 0 Å². The molecule has 0 bridgehead atoms. The van der Waals surface area contributed by atoms with E-state index in [2.05, 4.69) is 17.2 Å². The molecular formula is C25H39N5O3. The highest BCUT2D eigenvalue weighted by atomic mass is 16.2. The number of urea groups is 1. The van der Waals surface area contributed by atoms with E-state index in [-0.39, 0.29) is 29.0 Å². The maximum Gasteiger partial charge on any atom is 0.321 e. The predicted octanol–water partition coefficient (Wildman–Crippen LogP) is 3.24. The molecule has 0 spiro atoms. The number of likely N-dealkylation sites (tertiary alicyclic amines) is 1. The van der Waals surface area contributed by atoms with E-state index >= 15 is 0 Å². The molecule has 1 aromatic rings. The summed E-state index contributed by atoms with van der Waals surface area (Å²) in [6, 6.07) is 3.38. The van der Waals surface area contributed by atoms with Gasteiger partial charge < -0.3 is 20.9 Å². The first-order valence-corrected chi connectivity index (χ1v) is 11.7. The number of carbonyl (C=O) groups excluding carboxylic acids is 3. The number of nitrogens with one attached hydrogen (secondary N) is 1. The van der Waals surface area contributed by atoms with Crippen LogP contribution >= 0.6 is 0 Å². The molecule has 1 aliphatic heterocycles. The fraction of sp³-hybridized carbons (Fsp3) is 0.600. The van der Waals surface area contributed by atoms with E-state index in [1.807, 2.05) is 39.8 Å². The third-order valence-corrected chi connectivity index (χ3v) is 6.24. The van der Waals surface area contributed by atoms with Crippen LogP contribution in [0, 0.1) is 12.8 Å². The van der Waals surface area contributed by atoms with Gasteiger partial charge >= 0.3 is 6.03 Å². The molecule has 2 rings (SSSR count). The fourth-order valence-electron chi connectivity index (χ4n) is 3.91. The topological polar surface area (TPSA) is 109 Å². The van der Waals surface area contributed by atoms with Gasteiger partial charge in [0.25, 0.3) is 0 Å². The Morgan fingerprint density at radius 2 is 1.94 bits per heavy atom. The lowest BCUT2D eigenvalue weighted by molar-refractivity contribution is -0.139. The maximum absolute atomic E-state index is 13.3. The second-order valence-electron chi connectivity index (χ2n) is 9.84. The zero-order valence-corrected chi connectivity index (χ0v) is 21.1. The normalized spacial score (nSPS) is 17.3. The van der Waals surface area contributed by atoms with Crippen LogP contribution in [0.1, 0.15) is 70.8 Å². The minimum Gasteiger partial charge on any atom is -0.366 e. The molecule has 3 N–H and O–H groups in total. The number of primary amides is 1. The van der Waals surface area contributed by atoms with Crippen molar-refractivity contribution >= 4 is 23.5 Å². The summed E-state index contributed by atoms with van der Waals surface area (Å²) in [7, 11) is 1.80. The smallest absolute Gasteiger partial charge is 0.321 e. The Balaban J connectivity index is 2.30. The number of pyridine rings is 1. The molecule has 0 aromatic carbocycles. The van der Waals surface area contributed by atoms with Crippen molar-refractivity contribution in [3.8, 4) is 0 Å². The SMILES string of the molecule is CCCc1nc(C)ccc1/C(NC(=O)N1CCCC(C(=O)N(C)C(C)(C)C)C1)=C(\C)C(N)=O. The number of nitrogens with zero attached hydrogens (tertiary/aromatic N) is 3. The highest BCUT2D eigenvalue weighted by molar-refractivity contribution is 6.02. The van der Waals surface area contributed by atoms with Gasteiger partial charge in [-0.2, -0.15) is 0 Å². The molecule has 1 unspecified atom stereocenters. The first kappa shape index (κ1) is 26.4. The van der Waals surface area contributed by atoms with Gasteiger partial charge in [0.15, 0.2) is 0 Å². The van der Waals surface area contributed by atoms with Crippen molar-refractivity contribution in [2.45, 2.75) is 72.8 Å². The lowest BCUT2D eigenvalue weighted by Gasteiger charge is -2.38. The van der Waals surface area contributed by atoms with Crippen molar-refractivity contribution in [1.82, 2.24) is 20.1 Å². The van der Waals surface area contributed by atoms with Crippen LogP contribution < -0.4 is 11.1 Å². The largest absolute Gasteiger partial charge is 0.366 e. The molecule has 0 saturated carbocycles. The van der Waals surface area contributed by atoms with Crippen molar-refractivity contribution in [2.75, 3.05) is 20.1 Å². The fourth-order valence-corrected chi connectivity index (χ4v) is 3.91. The summed E-state index contributed by atoms with van der Waals surface area (Å²) in [6.45, 7) is 12.4. The Hall–Kier alpha value is -2.90. The molecular weight excluding hydrogens is 418 g/mol. The molecule has 1 aromatic heterocycles. The summed E-state index contributed by atoms with van der Waals surface area (Å²) < 4.78 is 0. The molecule has 8 heteroatoms. The highest BCUT2D eigenvalue weighted by Gasteiger charge is 2.34. The summed E-state index contributed by atoms with van der Waals surface area (Å²) in [5, 5.41) is 2.92. The summed E-state index contributed by atoms with van der Waals surface area (Å²) in [4.78, 5) is 46.3. The van der Waals surface area contributed by atoms with E-state index < -0.39 is 5.91 Å². The molecule has 8 nitrogen and oxygen atoms in total. The highest BCUT2D eigenvalue weighted by Crippen LogP contribution is 2.25. The molecule has 182 valence electrons. The van der Waals surface area contributed by atoms with Gasteiger partial charge in [-0.1, -0.05) is 13.3 Å². The van der Waals surface area contributed by atoms with Gasteiger partial charge in [0, 0.05) is 48.2 Å². The van der Waals surface area contributed by atoms with Crippen LogP contribution in [-0.4, -0.2) is 58.3 Å². The van der Waals surface area contributed by atoms with Crippen LogP contribution in [0.4, 0.5) is 4.79 Å². The maximum atomic E-state index is 13.3. The summed E-state index contributed by atoms with van der Waals surface area (Å²) in [6.07, 6.45) is 3.07. The van der Waals surface area contributed by atoms with Crippen LogP contribution in [0.15, 0.2) is 17.7 Å². The minimum absolute atomic E-state index is 0.0389. The van der Waals surface area contributed by atoms with Crippen molar-refractivity contribution in [2.24, 2.45) is 11.7 Å². The monoisotopic (exact) mass is 457 g/mol. The number of aromatic nitrogens is 1. The summed E-state index contributed by atoms with van der Waals surface area (Å²) >= 11 is 0. The number of nitrogens with two attached hydrogens (primary N) is 1. The van der Waals surface area contributed by atoms with Gasteiger partial charge in [0.2, 0.25) is 11.8 Å². The van der Waals surface area contributed by atoms with Crippen molar-refractivity contribution < 1.29 is 14.4 Å². The number of aryl methyl sites for hydroxylation is 2. The lowest BCUT2D eigenvalue weighted by Crippen LogP contribution is -2.52. The van der Waals surface area contributed by atoms with E-state index in [1.54, 1.807) is 23.8 Å². The number of hydrogen-bond donors (Lipinski definition) is 2. The Bertz CT molecular complexity index is 932. The second kappa shape index (κ2) is 10.8. The zero-order chi connectivity index (χ0) is 24.9. The van der Waals surface area contributed by atoms with Crippen molar-refractivity contribution in [3.05, 3.63) is 34.7 Å². The number of piperidine rings is 1. The molecule has 1 aliphatic rings. The van der Waals surface area contributed by atoms with E-state index in [0.29, 0.717) is 30.8 Å². The van der Waals surface area contributed by atoms with Gasteiger partial charge in [-0.25, -0.2) is 4.79 Å². The molecule has 4 amide bonds. The average Bonchev–Trinajstić information content (AvgIpc) is 2.76. The lowest BCUT2D eigenvalue weighted by atomic mass is 9.94. The Kier molecular flexibility index (Phi) is 8.63. The van der Waals surface area contributed by atoms with Crippen molar-refractivity contribution in [1.29, 1.82) is 0 Å². The Morgan fingerprint density at radius 1 is 1.27 bits per heavy atom. The first-order chi connectivity index (χ1) is 15.4. The third kappa shape index (κ3) is 6.55. The Labute approximate surface area is 197 Å². The molecule has 1 atom stereocenters. The summed E-state index contributed by atoms with van der Waals surface area (Å²) in [5.41, 5.74) is 8.32. The molecule has 33 heavy (non-hydrogen) atoms. The molecule has 1 fully saturated rings. The van der Waals surface area contributed by atoms with Gasteiger partial charge in [-0.05, 0) is 66.0 Å². The van der Waals surface area contributed by atoms with Gasteiger partial charge in [-0.15, -0.1) is 0 Å². The summed E-state index contributed by atoms with van der Waals surface area (Å²) in [5.74, 6) is -0.820. The standard InChI is InChI=1S/C25H39N5O3/c1-8-10-20-19(13-12-16(2)27-20)21(17(3)22(26)31)28-24(33)30-14-9-11-18(15-30)23(32)29(7)25(4,5)6/h12-13,18H,8-11,14-15H2,1-7H3,(H2,26,31)(H,28,33)/b21-17-. The second-order valence-corrected chi connectivity index (χ2v) is 9.84. The zero-order valence-electron chi connectivity index (χ0n) is 21.1. The van der Waals surface area contributed by atoms with Crippen LogP contribution in [0.25, 0.3) is 5.70 Å². The average molecular weight is 458 g/mol. The first-order valence-electron chi connectivity index (χ1n) is 11.7. The third-order valence-electron chi connectivity index (χ3n) is 6.24. The van der Waals surface area contributed by atoms with Gasteiger partial charge in [-0.3, -0.25) is 14.6 Å². The molecule has 1 saturated heterocycles. The van der Waals surface area contributed by atoms with Crippen LogP contribution in [0.2, 0.25) is 0 Å². The van der Waals surface area contributed by atoms with Gasteiger partial charge in [0.1, 0.15) is 0 Å². The quantitative estimate of drug-likeness (QED) is 0.639. The number of carbonyl (C=O) groups is 3. The van der Waals surface area contributed by atoms with Crippen LogP contribution in [-0.2, 0) is 16.0 Å². The predicted molar refractivity (Wildman–Crippen MR) is 130 cm³/mol. The van der Waals surface area contributed by atoms with E-state index in [4.69, 9.17) is 5.73 Å². The van der Waals surface area contributed by atoms with Gasteiger partial charge in [0.05, 0.1) is 11.6 Å². The number of rotatable bonds is 6. The van der Waals surface area contributed by atoms with E-state index in [9.17, 15) is 14.4 Å². The van der Waals surface area contributed by atoms with Crippen LogP contribution in [0.3, 0.4) is 0 Å². The van der Waals surface area contributed by atoms with E-state index in [0.717, 1.165) is 30.7 Å². The minimum atomic E-state index is -0.605. The molecule has 2 heterocycles. The number of amides is 4. The Morgan fingerprint density at radius 3 is 2.52 bits per heavy atom. The van der Waals surface area contributed by atoms with Crippen LogP contribution in [0.5, 0.6) is 0 Å². The number of hydrogen-bond acceptors (Lipinski definition) is 4. The molecule has 0 radical (unpaired) electrons. The van der Waals surface area contributed by atoms with Crippen molar-refractivity contribution in [3.63, 3.8) is 0 Å². The molecule has 0 aliphatic carbocycles.